The number of benzene rings is 1. The Balaban J connectivity index is 1.76. The normalized spacial score (nSPS) is 10.9. The van der Waals surface area contributed by atoms with Gasteiger partial charge in [0, 0.05) is 19.8 Å². The predicted octanol–water partition coefficient (Wildman–Crippen LogP) is 2.03. The van der Waals surface area contributed by atoms with Gasteiger partial charge in [0.2, 0.25) is 0 Å². The maximum Gasteiger partial charge on any atom is 0.274 e. The summed E-state index contributed by atoms with van der Waals surface area (Å²) in [7, 11) is 3.39. The first kappa shape index (κ1) is 17.7. The molecule has 0 aliphatic carbocycles. The summed E-state index contributed by atoms with van der Waals surface area (Å²) in [6.07, 6.45) is 0. The zero-order valence-corrected chi connectivity index (χ0v) is 15.4. The SMILES string of the molecule is Cc1cccc(OCCN(C)C(=O)c2cc(C)nc3c2c(=O)[nH]n3C)c1. The molecule has 3 aromatic rings. The van der Waals surface area contributed by atoms with E-state index in [4.69, 9.17) is 4.74 Å². The number of nitrogens with zero attached hydrogens (tertiary/aromatic N) is 3. The molecule has 0 saturated carbocycles. The van der Waals surface area contributed by atoms with Gasteiger partial charge in [0.15, 0.2) is 5.65 Å². The maximum atomic E-state index is 12.8. The molecule has 0 fully saturated rings. The molecule has 7 heteroatoms. The van der Waals surface area contributed by atoms with E-state index in [1.54, 1.807) is 32.0 Å². The van der Waals surface area contributed by atoms with Crippen molar-refractivity contribution in [1.29, 1.82) is 0 Å². The van der Waals surface area contributed by atoms with E-state index < -0.39 is 0 Å². The first-order chi connectivity index (χ1) is 12.4. The molecule has 0 radical (unpaired) electrons. The van der Waals surface area contributed by atoms with Crippen LogP contribution < -0.4 is 10.3 Å². The molecule has 0 bridgehead atoms. The van der Waals surface area contributed by atoms with Crippen molar-refractivity contribution in [3.8, 4) is 5.75 Å². The Labute approximate surface area is 151 Å². The van der Waals surface area contributed by atoms with Gasteiger partial charge in [-0.05, 0) is 37.6 Å². The van der Waals surface area contributed by atoms with E-state index in [0.29, 0.717) is 35.4 Å². The maximum absolute atomic E-state index is 12.8. The summed E-state index contributed by atoms with van der Waals surface area (Å²) in [6.45, 7) is 4.57. The van der Waals surface area contributed by atoms with Crippen LogP contribution in [0.4, 0.5) is 0 Å². The Morgan fingerprint density at radius 1 is 1.31 bits per heavy atom. The number of carbonyl (C=O) groups is 1. The number of rotatable bonds is 5. The molecule has 1 N–H and O–H groups in total. The van der Waals surface area contributed by atoms with E-state index in [9.17, 15) is 9.59 Å². The molecule has 136 valence electrons. The average Bonchev–Trinajstić information content (AvgIpc) is 2.87. The highest BCUT2D eigenvalue weighted by atomic mass is 16.5. The number of fused-ring (bicyclic) bond motifs is 1. The van der Waals surface area contributed by atoms with Crippen LogP contribution in [0.15, 0.2) is 35.1 Å². The Kier molecular flexibility index (Phi) is 4.79. The summed E-state index contributed by atoms with van der Waals surface area (Å²) in [6, 6.07) is 9.40. The lowest BCUT2D eigenvalue weighted by Gasteiger charge is -2.18. The molecule has 0 spiro atoms. The Morgan fingerprint density at radius 3 is 2.81 bits per heavy atom. The molecule has 0 unspecified atom stereocenters. The number of aryl methyl sites for hydroxylation is 3. The molecular formula is C19H22N4O3. The molecule has 0 atom stereocenters. The van der Waals surface area contributed by atoms with Gasteiger partial charge in [-0.25, -0.2) is 4.98 Å². The van der Waals surface area contributed by atoms with E-state index in [1.807, 2.05) is 31.2 Å². The number of nitrogens with one attached hydrogen (secondary N) is 1. The Hall–Kier alpha value is -3.09. The van der Waals surface area contributed by atoms with Crippen molar-refractivity contribution in [3.63, 3.8) is 0 Å². The van der Waals surface area contributed by atoms with Gasteiger partial charge in [-0.3, -0.25) is 19.4 Å². The molecule has 1 amide bonds. The molecule has 7 nitrogen and oxygen atoms in total. The lowest BCUT2D eigenvalue weighted by molar-refractivity contribution is 0.0775. The van der Waals surface area contributed by atoms with Gasteiger partial charge < -0.3 is 9.64 Å². The lowest BCUT2D eigenvalue weighted by Crippen LogP contribution is -2.31. The number of likely N-dealkylation sites (N-methyl/N-ethyl adjacent to an activating group) is 1. The molecule has 3 rings (SSSR count). The molecule has 0 saturated heterocycles. The minimum Gasteiger partial charge on any atom is -0.492 e. The van der Waals surface area contributed by atoms with Crippen LogP contribution >= 0.6 is 0 Å². The number of carbonyl (C=O) groups excluding carboxylic acids is 1. The second-order valence-electron chi connectivity index (χ2n) is 6.40. The van der Waals surface area contributed by atoms with Gasteiger partial charge in [-0.2, -0.15) is 0 Å². The minimum atomic E-state index is -0.317. The van der Waals surface area contributed by atoms with Crippen LogP contribution in [0.2, 0.25) is 0 Å². The van der Waals surface area contributed by atoms with Gasteiger partial charge in [-0.15, -0.1) is 0 Å². The highest BCUT2D eigenvalue weighted by Gasteiger charge is 2.20. The largest absolute Gasteiger partial charge is 0.492 e. The van der Waals surface area contributed by atoms with E-state index in [0.717, 1.165) is 11.3 Å². The molecular weight excluding hydrogens is 332 g/mol. The van der Waals surface area contributed by atoms with E-state index in [1.165, 1.54) is 4.68 Å². The number of pyridine rings is 1. The summed E-state index contributed by atoms with van der Waals surface area (Å²) in [5.74, 6) is 0.539. The van der Waals surface area contributed by atoms with Crippen molar-refractivity contribution in [3.05, 3.63) is 57.5 Å². The van der Waals surface area contributed by atoms with Crippen molar-refractivity contribution in [2.45, 2.75) is 13.8 Å². The summed E-state index contributed by atoms with van der Waals surface area (Å²) in [5.41, 5.74) is 2.31. The van der Waals surface area contributed by atoms with E-state index in [2.05, 4.69) is 10.1 Å². The van der Waals surface area contributed by atoms with Crippen molar-refractivity contribution in [2.75, 3.05) is 20.2 Å². The minimum absolute atomic E-state index is 0.231. The van der Waals surface area contributed by atoms with Crippen LogP contribution in [0, 0.1) is 13.8 Å². The topological polar surface area (TPSA) is 80.2 Å². The number of hydrogen-bond donors (Lipinski definition) is 1. The third-order valence-corrected chi connectivity index (χ3v) is 4.20. The number of aromatic amines is 1. The van der Waals surface area contributed by atoms with Gasteiger partial charge in [0.05, 0.1) is 17.5 Å². The fourth-order valence-corrected chi connectivity index (χ4v) is 2.87. The number of H-pyrrole nitrogens is 1. The standard InChI is InChI=1S/C19H22N4O3/c1-12-6-5-7-14(10-12)26-9-8-22(3)19(25)15-11-13(2)20-17-16(15)18(24)21-23(17)4/h5-7,10-11H,8-9H2,1-4H3,(H,21,24). The van der Waals surface area contributed by atoms with Crippen LogP contribution in [-0.4, -0.2) is 45.8 Å². The van der Waals surface area contributed by atoms with Gasteiger partial charge in [0.25, 0.3) is 11.5 Å². The molecule has 1 aromatic carbocycles. The lowest BCUT2D eigenvalue weighted by atomic mass is 10.1. The first-order valence-corrected chi connectivity index (χ1v) is 8.38. The van der Waals surface area contributed by atoms with Crippen molar-refractivity contribution in [1.82, 2.24) is 19.7 Å². The first-order valence-electron chi connectivity index (χ1n) is 8.38. The van der Waals surface area contributed by atoms with Crippen LogP contribution in [0.25, 0.3) is 11.0 Å². The van der Waals surface area contributed by atoms with Crippen molar-refractivity contribution >= 4 is 16.9 Å². The van der Waals surface area contributed by atoms with E-state index in [-0.39, 0.29) is 11.5 Å². The monoisotopic (exact) mass is 354 g/mol. The van der Waals surface area contributed by atoms with Gasteiger partial charge in [0.1, 0.15) is 12.4 Å². The predicted molar refractivity (Wildman–Crippen MR) is 99.7 cm³/mol. The van der Waals surface area contributed by atoms with Crippen LogP contribution in [0.5, 0.6) is 5.75 Å². The Morgan fingerprint density at radius 2 is 2.08 bits per heavy atom. The third kappa shape index (κ3) is 3.46. The van der Waals surface area contributed by atoms with E-state index >= 15 is 0 Å². The molecule has 0 aliphatic rings. The number of aromatic nitrogens is 3. The highest BCUT2D eigenvalue weighted by molar-refractivity contribution is 6.05. The fraction of sp³-hybridized carbons (Fsp3) is 0.316. The van der Waals surface area contributed by atoms with Crippen molar-refractivity contribution < 1.29 is 9.53 Å². The zero-order valence-electron chi connectivity index (χ0n) is 15.4. The molecule has 2 heterocycles. The summed E-state index contributed by atoms with van der Waals surface area (Å²) < 4.78 is 7.23. The second kappa shape index (κ2) is 7.03. The quantitative estimate of drug-likeness (QED) is 0.760. The van der Waals surface area contributed by atoms with Gasteiger partial charge in [-0.1, -0.05) is 12.1 Å². The number of hydrogen-bond acceptors (Lipinski definition) is 4. The fourth-order valence-electron chi connectivity index (χ4n) is 2.87. The van der Waals surface area contributed by atoms with Gasteiger partial charge >= 0.3 is 0 Å². The number of ether oxygens (including phenoxy) is 1. The molecule has 26 heavy (non-hydrogen) atoms. The molecule has 0 aliphatic heterocycles. The Bertz CT molecular complexity index is 1020. The van der Waals surface area contributed by atoms with Crippen LogP contribution in [0.3, 0.4) is 0 Å². The van der Waals surface area contributed by atoms with Crippen LogP contribution in [-0.2, 0) is 7.05 Å². The summed E-state index contributed by atoms with van der Waals surface area (Å²) >= 11 is 0. The third-order valence-electron chi connectivity index (χ3n) is 4.20. The van der Waals surface area contributed by atoms with Crippen molar-refractivity contribution in [2.24, 2.45) is 7.05 Å². The molecule has 2 aromatic heterocycles. The smallest absolute Gasteiger partial charge is 0.274 e. The van der Waals surface area contributed by atoms with Crippen LogP contribution in [0.1, 0.15) is 21.6 Å². The summed E-state index contributed by atoms with van der Waals surface area (Å²) in [5, 5.41) is 2.96. The highest BCUT2D eigenvalue weighted by Crippen LogP contribution is 2.16. The summed E-state index contributed by atoms with van der Waals surface area (Å²) in [4.78, 5) is 30.9. The second-order valence-corrected chi connectivity index (χ2v) is 6.40. The number of amides is 1. The zero-order chi connectivity index (χ0) is 18.8. The average molecular weight is 354 g/mol.